The van der Waals surface area contributed by atoms with Gasteiger partial charge in [-0.1, -0.05) is 127 Å². The summed E-state index contributed by atoms with van der Waals surface area (Å²) in [6, 6.07) is 55.0. The van der Waals surface area contributed by atoms with E-state index >= 15 is 0 Å². The van der Waals surface area contributed by atoms with E-state index in [1.54, 1.807) is 0 Å². The Balaban J connectivity index is 1.26. The highest BCUT2D eigenvalue weighted by molar-refractivity contribution is 6.32. The molecule has 0 atom stereocenters. The molecular formula is C41H26N4. The Morgan fingerprint density at radius 2 is 0.756 bits per heavy atom. The first-order valence-electron chi connectivity index (χ1n) is 15.1. The minimum atomic E-state index is 0.646. The largest absolute Gasteiger partial charge is 0.309 e. The van der Waals surface area contributed by atoms with Crippen LogP contribution in [0.3, 0.4) is 0 Å². The number of hydrogen-bond acceptors (Lipinski definition) is 3. The quantitative estimate of drug-likeness (QED) is 0.196. The molecule has 0 radical (unpaired) electrons. The van der Waals surface area contributed by atoms with E-state index in [9.17, 15) is 0 Å². The van der Waals surface area contributed by atoms with Crippen LogP contribution in [0, 0.1) is 0 Å². The van der Waals surface area contributed by atoms with Crippen LogP contribution in [0.1, 0.15) is 0 Å². The topological polar surface area (TPSA) is 43.6 Å². The molecule has 210 valence electrons. The van der Waals surface area contributed by atoms with Crippen LogP contribution in [0.5, 0.6) is 0 Å². The maximum absolute atomic E-state index is 4.94. The molecule has 2 aromatic heterocycles. The van der Waals surface area contributed by atoms with Crippen molar-refractivity contribution in [2.75, 3.05) is 0 Å². The molecule has 0 aliphatic rings. The summed E-state index contributed by atoms with van der Waals surface area (Å²) < 4.78 is 2.40. The van der Waals surface area contributed by atoms with Gasteiger partial charge in [0.15, 0.2) is 17.5 Å². The third kappa shape index (κ3) is 4.11. The molecule has 2 heterocycles. The maximum Gasteiger partial charge on any atom is 0.164 e. The van der Waals surface area contributed by atoms with Gasteiger partial charge in [0.1, 0.15) is 0 Å². The highest BCUT2D eigenvalue weighted by Gasteiger charge is 2.19. The van der Waals surface area contributed by atoms with Crippen molar-refractivity contribution >= 4 is 43.4 Å². The molecule has 4 heteroatoms. The lowest BCUT2D eigenvalue weighted by Crippen LogP contribution is -2.00. The number of para-hydroxylation sites is 1. The molecule has 0 N–H and O–H groups in total. The summed E-state index contributed by atoms with van der Waals surface area (Å²) in [6.07, 6.45) is 0. The van der Waals surface area contributed by atoms with Crippen molar-refractivity contribution in [3.8, 4) is 39.9 Å². The van der Waals surface area contributed by atoms with Crippen LogP contribution in [-0.2, 0) is 0 Å². The van der Waals surface area contributed by atoms with E-state index in [0.717, 1.165) is 22.4 Å². The molecule has 0 saturated heterocycles. The highest BCUT2D eigenvalue weighted by Crippen LogP contribution is 2.42. The fraction of sp³-hybridized carbons (Fsp3) is 0. The predicted molar refractivity (Wildman–Crippen MR) is 185 cm³/mol. The summed E-state index contributed by atoms with van der Waals surface area (Å²) in [4.78, 5) is 14.7. The van der Waals surface area contributed by atoms with Crippen molar-refractivity contribution in [2.24, 2.45) is 0 Å². The summed E-state index contributed by atoms with van der Waals surface area (Å²) in [7, 11) is 0. The van der Waals surface area contributed by atoms with Crippen LogP contribution in [0.2, 0.25) is 0 Å². The average molecular weight is 575 g/mol. The van der Waals surface area contributed by atoms with Gasteiger partial charge >= 0.3 is 0 Å². The van der Waals surface area contributed by atoms with Gasteiger partial charge in [0.2, 0.25) is 0 Å². The van der Waals surface area contributed by atoms with Crippen LogP contribution in [0.4, 0.5) is 0 Å². The predicted octanol–water partition coefficient (Wildman–Crippen LogP) is 10.3. The molecule has 9 aromatic rings. The first-order chi connectivity index (χ1) is 22.3. The van der Waals surface area contributed by atoms with E-state index in [2.05, 4.69) is 102 Å². The fourth-order valence-corrected chi connectivity index (χ4v) is 6.59. The van der Waals surface area contributed by atoms with E-state index in [1.807, 2.05) is 60.7 Å². The van der Waals surface area contributed by atoms with Crippen molar-refractivity contribution in [2.45, 2.75) is 0 Å². The van der Waals surface area contributed by atoms with Crippen molar-refractivity contribution < 1.29 is 0 Å². The highest BCUT2D eigenvalue weighted by atomic mass is 15.0. The van der Waals surface area contributed by atoms with Gasteiger partial charge in [0.05, 0.1) is 11.0 Å². The zero-order chi connectivity index (χ0) is 29.7. The van der Waals surface area contributed by atoms with E-state index in [-0.39, 0.29) is 0 Å². The molecule has 45 heavy (non-hydrogen) atoms. The van der Waals surface area contributed by atoms with Crippen molar-refractivity contribution in [3.63, 3.8) is 0 Å². The molecule has 7 aromatic carbocycles. The third-order valence-corrected chi connectivity index (χ3v) is 8.63. The van der Waals surface area contributed by atoms with Crippen molar-refractivity contribution in [1.82, 2.24) is 19.5 Å². The number of nitrogens with zero attached hydrogens (tertiary/aromatic N) is 4. The fourth-order valence-electron chi connectivity index (χ4n) is 6.59. The maximum atomic E-state index is 4.94. The Hall–Kier alpha value is -6.13. The summed E-state index contributed by atoms with van der Waals surface area (Å²) in [5.74, 6) is 1.96. The third-order valence-electron chi connectivity index (χ3n) is 8.63. The van der Waals surface area contributed by atoms with Crippen LogP contribution < -0.4 is 0 Å². The Labute approximate surface area is 259 Å². The summed E-state index contributed by atoms with van der Waals surface area (Å²) >= 11 is 0. The van der Waals surface area contributed by atoms with E-state index in [1.165, 1.54) is 43.4 Å². The molecule has 4 nitrogen and oxygen atoms in total. The standard InChI is InChI=1S/C41H26N4/c1-3-13-27(14-4-1)39-42-40(28-15-5-2-6-16-28)44-41(43-39)29-23-25-30(26-24-29)45-36-22-12-11-21-35(36)37-33-19-9-7-17-31(33)32-18-8-10-20-34(32)38(37)45/h1-26H. The second-order valence-corrected chi connectivity index (χ2v) is 11.3. The zero-order valence-electron chi connectivity index (χ0n) is 24.3. The summed E-state index contributed by atoms with van der Waals surface area (Å²) in [5.41, 5.74) is 6.34. The lowest BCUT2D eigenvalue weighted by molar-refractivity contribution is 1.07. The summed E-state index contributed by atoms with van der Waals surface area (Å²) in [5, 5.41) is 7.57. The van der Waals surface area contributed by atoms with Gasteiger partial charge in [0.25, 0.3) is 0 Å². The van der Waals surface area contributed by atoms with Crippen LogP contribution in [-0.4, -0.2) is 19.5 Å². The molecule has 0 bridgehead atoms. The van der Waals surface area contributed by atoms with Crippen LogP contribution >= 0.6 is 0 Å². The monoisotopic (exact) mass is 574 g/mol. The average Bonchev–Trinajstić information content (AvgIpc) is 3.48. The molecule has 0 unspecified atom stereocenters. The van der Waals surface area contributed by atoms with Gasteiger partial charge in [-0.15, -0.1) is 0 Å². The van der Waals surface area contributed by atoms with Crippen LogP contribution in [0.25, 0.3) is 83.2 Å². The van der Waals surface area contributed by atoms with E-state index in [0.29, 0.717) is 17.5 Å². The van der Waals surface area contributed by atoms with Gasteiger partial charge in [-0.25, -0.2) is 15.0 Å². The van der Waals surface area contributed by atoms with Crippen molar-refractivity contribution in [3.05, 3.63) is 158 Å². The number of rotatable bonds is 4. The van der Waals surface area contributed by atoms with Gasteiger partial charge in [0, 0.05) is 38.5 Å². The Morgan fingerprint density at radius 1 is 0.333 bits per heavy atom. The van der Waals surface area contributed by atoms with E-state index in [4.69, 9.17) is 15.0 Å². The Bertz CT molecular complexity index is 2460. The smallest absolute Gasteiger partial charge is 0.164 e. The second-order valence-electron chi connectivity index (χ2n) is 11.3. The van der Waals surface area contributed by atoms with Gasteiger partial charge in [-0.2, -0.15) is 0 Å². The molecule has 0 aliphatic carbocycles. The molecule has 0 spiro atoms. The lowest BCUT2D eigenvalue weighted by Gasteiger charge is -2.13. The second kappa shape index (κ2) is 10.2. The number of fused-ring (bicyclic) bond motifs is 8. The minimum Gasteiger partial charge on any atom is -0.309 e. The SMILES string of the molecule is c1ccc(-c2nc(-c3ccccc3)nc(-c3ccc(-n4c5ccccc5c5c6ccccc6c6ccccc6c54)cc3)n2)cc1. The molecular weight excluding hydrogens is 548 g/mol. The molecule has 0 aliphatic heterocycles. The van der Waals surface area contributed by atoms with E-state index < -0.39 is 0 Å². The summed E-state index contributed by atoms with van der Waals surface area (Å²) in [6.45, 7) is 0. The minimum absolute atomic E-state index is 0.646. The molecule has 0 amide bonds. The first kappa shape index (κ1) is 25.4. The zero-order valence-corrected chi connectivity index (χ0v) is 24.3. The number of aromatic nitrogens is 4. The lowest BCUT2D eigenvalue weighted by atomic mass is 9.97. The molecule has 0 fully saturated rings. The van der Waals surface area contributed by atoms with Gasteiger partial charge < -0.3 is 4.57 Å². The first-order valence-corrected chi connectivity index (χ1v) is 15.1. The van der Waals surface area contributed by atoms with Gasteiger partial charge in [-0.3, -0.25) is 0 Å². The van der Waals surface area contributed by atoms with Gasteiger partial charge in [-0.05, 0) is 46.5 Å². The van der Waals surface area contributed by atoms with Crippen molar-refractivity contribution in [1.29, 1.82) is 0 Å². The Kier molecular flexibility index (Phi) is 5.78. The Morgan fingerprint density at radius 3 is 1.33 bits per heavy atom. The molecule has 9 rings (SSSR count). The van der Waals surface area contributed by atoms with Crippen LogP contribution in [0.15, 0.2) is 158 Å². The number of hydrogen-bond donors (Lipinski definition) is 0. The normalized spacial score (nSPS) is 11.6. The number of benzene rings is 7. The molecule has 0 saturated carbocycles.